The molecule has 30 heteroatoms. The van der Waals surface area contributed by atoms with Crippen LogP contribution in [0.1, 0.15) is 112 Å². The molecule has 0 spiro atoms. The summed E-state index contributed by atoms with van der Waals surface area (Å²) >= 11 is 0. The van der Waals surface area contributed by atoms with Crippen molar-refractivity contribution in [2.75, 3.05) is 145 Å². The average Bonchev–Trinajstić information content (AvgIpc) is 3.50. The summed E-state index contributed by atoms with van der Waals surface area (Å²) in [6.07, 6.45) is -0.128. The average molecular weight is 1260 g/mol. The summed E-state index contributed by atoms with van der Waals surface area (Å²) in [6.45, 7) is 19.6. The number of ether oxygens (including phenoxy) is 12. The van der Waals surface area contributed by atoms with Crippen molar-refractivity contribution in [3.05, 3.63) is 36.5 Å². The van der Waals surface area contributed by atoms with E-state index in [-0.39, 0.29) is 199 Å². The minimum absolute atomic E-state index is 0.00271. The molecule has 0 aromatic rings. The smallest absolute Gasteiger partial charge is 0.407 e. The van der Waals surface area contributed by atoms with E-state index < -0.39 is 66.2 Å². The van der Waals surface area contributed by atoms with Crippen LogP contribution in [0.5, 0.6) is 0 Å². The van der Waals surface area contributed by atoms with Gasteiger partial charge in [0, 0.05) is 56.0 Å². The first-order chi connectivity index (χ1) is 42.0. The highest BCUT2D eigenvalue weighted by Crippen LogP contribution is 2.07. The van der Waals surface area contributed by atoms with E-state index in [9.17, 15) is 57.5 Å². The van der Waals surface area contributed by atoms with Crippen molar-refractivity contribution < 1.29 is 114 Å². The second kappa shape index (κ2) is 52.1. The zero-order valence-electron chi connectivity index (χ0n) is 51.9. The number of amides is 4. The molecule has 0 aromatic heterocycles. The summed E-state index contributed by atoms with van der Waals surface area (Å²) in [5.41, 5.74) is 0.673. The minimum Gasteiger partial charge on any atom is -0.466 e. The van der Waals surface area contributed by atoms with E-state index in [0.29, 0.717) is 51.4 Å². The number of carbonyl (C=O) groups is 12. The normalized spacial score (nSPS) is 10.6. The summed E-state index contributed by atoms with van der Waals surface area (Å²) in [4.78, 5) is 149. The van der Waals surface area contributed by atoms with Crippen molar-refractivity contribution in [3.8, 4) is 0 Å². The third-order valence-corrected chi connectivity index (χ3v) is 11.3. The molecule has 0 aliphatic rings. The van der Waals surface area contributed by atoms with E-state index in [4.69, 9.17) is 56.8 Å². The number of unbranched alkanes of at least 4 members (excludes halogenated alkanes) is 4. The lowest BCUT2D eigenvalue weighted by Gasteiger charge is -2.27. The van der Waals surface area contributed by atoms with Crippen molar-refractivity contribution in [3.63, 3.8) is 0 Å². The molecular formula is C58H94N6O24. The molecule has 0 aromatic carbocycles. The maximum absolute atomic E-state index is 12.9. The summed E-state index contributed by atoms with van der Waals surface area (Å²) < 4.78 is 61.8. The van der Waals surface area contributed by atoms with Gasteiger partial charge in [-0.05, 0) is 72.1 Å². The molecule has 0 saturated heterocycles. The van der Waals surface area contributed by atoms with E-state index in [0.717, 1.165) is 0 Å². The van der Waals surface area contributed by atoms with Gasteiger partial charge in [0.2, 0.25) is 0 Å². The summed E-state index contributed by atoms with van der Waals surface area (Å²) in [5.74, 6) is -4.58. The molecule has 4 amide bonds. The van der Waals surface area contributed by atoms with Crippen LogP contribution in [0.2, 0.25) is 0 Å². The Kier molecular flexibility index (Phi) is 47.4. The Balaban J connectivity index is 5.57. The van der Waals surface area contributed by atoms with Crippen LogP contribution >= 0.6 is 0 Å². The predicted octanol–water partition coefficient (Wildman–Crippen LogP) is 3.91. The zero-order valence-corrected chi connectivity index (χ0v) is 51.9. The Morgan fingerprint density at radius 1 is 0.307 bits per heavy atom. The molecule has 0 saturated carbocycles. The van der Waals surface area contributed by atoms with Crippen LogP contribution in [0.15, 0.2) is 36.5 Å². The summed E-state index contributed by atoms with van der Waals surface area (Å²) in [6, 6.07) is 0. The minimum atomic E-state index is -0.713. The fourth-order valence-corrected chi connectivity index (χ4v) is 6.40. The van der Waals surface area contributed by atoms with Crippen LogP contribution in [0.25, 0.3) is 0 Å². The van der Waals surface area contributed by atoms with E-state index in [1.165, 1.54) is 20.8 Å². The molecule has 0 atom stereocenters. The van der Waals surface area contributed by atoms with Gasteiger partial charge in [-0.3, -0.25) is 24.0 Å². The number of nitrogens with one attached hydrogen (secondary N) is 4. The number of hydrogen-bond donors (Lipinski definition) is 4. The molecule has 0 heterocycles. The molecule has 4 N–H and O–H groups in total. The molecule has 0 aliphatic heterocycles. The highest BCUT2D eigenvalue weighted by molar-refractivity contribution is 5.87. The van der Waals surface area contributed by atoms with Crippen LogP contribution in [0, 0.1) is 5.92 Å². The predicted molar refractivity (Wildman–Crippen MR) is 313 cm³/mol. The van der Waals surface area contributed by atoms with Gasteiger partial charge in [0.25, 0.3) is 0 Å². The third kappa shape index (κ3) is 49.1. The number of carbonyl (C=O) groups excluding carboxylic acids is 12. The maximum Gasteiger partial charge on any atom is 0.407 e. The lowest BCUT2D eigenvalue weighted by atomic mass is 10.2. The van der Waals surface area contributed by atoms with Gasteiger partial charge in [0.05, 0.1) is 111 Å². The van der Waals surface area contributed by atoms with Gasteiger partial charge in [0.15, 0.2) is 0 Å². The molecule has 500 valence electrons. The topological polar surface area (TPSA) is 370 Å². The van der Waals surface area contributed by atoms with Gasteiger partial charge in [-0.25, -0.2) is 33.6 Å². The fourth-order valence-electron chi connectivity index (χ4n) is 6.40. The standard InChI is InChI=1S/C58H94N6O24/c1-43(2)51(69)81-39-21-59-55(73)85-35-13-9-31-77-47(65)17-25-63(26-18-48(66)78-32-10-14-36-86-56(74)60-22-40-82-52(70)44(3)4)29-30-64(27-19-49(67)79-33-11-15-37-87-57(75)61-23-41-83-53(71)45(5)6)28-20-50(68)80-34-12-16-38-88-58(76)62-24-42-84-54(72)46(7)8/h46H,1,3,5,9-42H2,2,4,6-8H3,(H,59,73)(H,60,74)(H,61,75)(H,62,76). The monoisotopic (exact) mass is 1260 g/mol. The zero-order chi connectivity index (χ0) is 65.7. The fraction of sp³-hybridized carbons (Fsp3) is 0.690. The number of rotatable bonds is 51. The van der Waals surface area contributed by atoms with Crippen molar-refractivity contribution in [2.24, 2.45) is 5.92 Å². The van der Waals surface area contributed by atoms with Gasteiger partial charge in [-0.15, -0.1) is 0 Å². The van der Waals surface area contributed by atoms with Gasteiger partial charge in [0.1, 0.15) is 26.4 Å². The largest absolute Gasteiger partial charge is 0.466 e. The summed E-state index contributed by atoms with van der Waals surface area (Å²) in [7, 11) is 0. The highest BCUT2D eigenvalue weighted by Gasteiger charge is 2.18. The molecule has 0 radical (unpaired) electrons. The van der Waals surface area contributed by atoms with Crippen LogP contribution in [-0.2, 0) is 95.2 Å². The van der Waals surface area contributed by atoms with Crippen molar-refractivity contribution >= 4 is 72.1 Å². The number of hydrogen-bond acceptors (Lipinski definition) is 26. The van der Waals surface area contributed by atoms with Gasteiger partial charge >= 0.3 is 72.1 Å². The van der Waals surface area contributed by atoms with Crippen LogP contribution < -0.4 is 21.3 Å². The van der Waals surface area contributed by atoms with E-state index in [2.05, 4.69) is 41.0 Å². The Morgan fingerprint density at radius 3 is 0.739 bits per heavy atom. The quantitative estimate of drug-likeness (QED) is 0.0290. The first-order valence-corrected chi connectivity index (χ1v) is 29.3. The van der Waals surface area contributed by atoms with Crippen molar-refractivity contribution in [1.82, 2.24) is 31.1 Å². The first-order valence-electron chi connectivity index (χ1n) is 29.3. The number of alkyl carbamates (subject to hydrolysis) is 4. The molecule has 0 rings (SSSR count). The van der Waals surface area contributed by atoms with E-state index >= 15 is 0 Å². The molecule has 0 fully saturated rings. The molecule has 0 unspecified atom stereocenters. The van der Waals surface area contributed by atoms with Crippen LogP contribution in [0.4, 0.5) is 19.2 Å². The van der Waals surface area contributed by atoms with Crippen LogP contribution in [0.3, 0.4) is 0 Å². The molecule has 30 nitrogen and oxygen atoms in total. The Bertz CT molecular complexity index is 2120. The summed E-state index contributed by atoms with van der Waals surface area (Å²) in [5, 5.41) is 9.82. The lowest BCUT2D eigenvalue weighted by molar-refractivity contribution is -0.147. The lowest BCUT2D eigenvalue weighted by Crippen LogP contribution is -2.39. The maximum atomic E-state index is 12.9. The van der Waals surface area contributed by atoms with Gasteiger partial charge < -0.3 is 87.9 Å². The molecular weight excluding hydrogens is 1160 g/mol. The Labute approximate surface area is 514 Å². The van der Waals surface area contributed by atoms with E-state index in [1.54, 1.807) is 13.8 Å². The Hall–Kier alpha value is -8.02. The number of nitrogens with zero attached hydrogens (tertiary/aromatic N) is 2. The van der Waals surface area contributed by atoms with Gasteiger partial charge in [-0.1, -0.05) is 33.6 Å². The Morgan fingerprint density at radius 2 is 0.523 bits per heavy atom. The molecule has 0 aliphatic carbocycles. The highest BCUT2D eigenvalue weighted by atomic mass is 16.6. The first kappa shape index (κ1) is 80.0. The van der Waals surface area contributed by atoms with Crippen molar-refractivity contribution in [2.45, 2.75) is 112 Å². The van der Waals surface area contributed by atoms with Gasteiger partial charge in [-0.2, -0.15) is 0 Å². The second-order valence-electron chi connectivity index (χ2n) is 19.7. The molecule has 0 bridgehead atoms. The SMILES string of the molecule is C=C(C)C(=O)OCCNC(=O)OCCCCOC(=O)CCN(CCC(=O)OCCCCOC(=O)NCCOC(=O)C(=C)C)CCN(CCC(=O)OCCCCOC(=O)NCCOC(=O)C(=C)C)CCC(=O)OCCCCOC(=O)NCCOC(=O)C(C)C. The number of esters is 8. The van der Waals surface area contributed by atoms with Crippen LogP contribution in [-0.4, -0.2) is 227 Å². The third-order valence-electron chi connectivity index (χ3n) is 11.3. The molecule has 88 heavy (non-hydrogen) atoms. The second-order valence-corrected chi connectivity index (χ2v) is 19.7. The van der Waals surface area contributed by atoms with E-state index in [1.807, 2.05) is 9.80 Å². The van der Waals surface area contributed by atoms with Crippen molar-refractivity contribution in [1.29, 1.82) is 0 Å².